The topological polar surface area (TPSA) is 18.5 Å². The zero-order valence-electron chi connectivity index (χ0n) is 11.9. The summed E-state index contributed by atoms with van der Waals surface area (Å²) in [5, 5.41) is 0. The van der Waals surface area contributed by atoms with Crippen LogP contribution in [-0.2, 0) is 6.61 Å². The van der Waals surface area contributed by atoms with Crippen LogP contribution in [0.4, 0.5) is 0 Å². The second-order valence-electron chi connectivity index (χ2n) is 4.81. The molecule has 0 atom stereocenters. The van der Waals surface area contributed by atoms with Crippen molar-refractivity contribution >= 4 is 22.6 Å². The lowest BCUT2D eigenvalue weighted by Gasteiger charge is -2.09. The summed E-state index contributed by atoms with van der Waals surface area (Å²) in [7, 11) is 0. The Bertz CT molecular complexity index is 724. The van der Waals surface area contributed by atoms with Crippen LogP contribution in [0.25, 0.3) is 0 Å². The van der Waals surface area contributed by atoms with E-state index in [0.29, 0.717) is 6.61 Å². The maximum Gasteiger partial charge on any atom is 0.128 e. The molecular formula is C19H15IO2. The first-order valence-electron chi connectivity index (χ1n) is 7.00. The van der Waals surface area contributed by atoms with E-state index in [1.165, 1.54) is 0 Å². The average molecular weight is 402 g/mol. The molecule has 3 aromatic rings. The molecule has 0 bridgehead atoms. The van der Waals surface area contributed by atoms with Crippen molar-refractivity contribution < 1.29 is 9.47 Å². The molecule has 110 valence electrons. The summed E-state index contributed by atoms with van der Waals surface area (Å²) in [5.74, 6) is 2.47. The first kappa shape index (κ1) is 14.9. The minimum atomic E-state index is 0.567. The van der Waals surface area contributed by atoms with Gasteiger partial charge in [0.2, 0.25) is 0 Å². The standard InChI is InChI=1S/C19H15IO2/c20-16-7-4-8-19(13-16)22-18-11-9-17(10-12-18)21-14-15-5-2-1-3-6-15/h1-13H,14H2. The van der Waals surface area contributed by atoms with E-state index in [1.54, 1.807) is 0 Å². The van der Waals surface area contributed by atoms with Crippen LogP contribution in [-0.4, -0.2) is 0 Å². The second kappa shape index (κ2) is 7.31. The molecule has 0 aliphatic rings. The number of benzene rings is 3. The highest BCUT2D eigenvalue weighted by Gasteiger charge is 2.00. The molecule has 0 heterocycles. The van der Waals surface area contributed by atoms with Crippen molar-refractivity contribution in [1.29, 1.82) is 0 Å². The number of rotatable bonds is 5. The van der Waals surface area contributed by atoms with E-state index >= 15 is 0 Å². The van der Waals surface area contributed by atoms with Crippen molar-refractivity contribution in [3.05, 3.63) is 88.0 Å². The predicted molar refractivity (Wildman–Crippen MR) is 96.4 cm³/mol. The molecule has 0 N–H and O–H groups in total. The van der Waals surface area contributed by atoms with E-state index < -0.39 is 0 Å². The average Bonchev–Trinajstić information content (AvgIpc) is 2.55. The Labute approximate surface area is 143 Å². The van der Waals surface area contributed by atoms with Gasteiger partial charge < -0.3 is 9.47 Å². The van der Waals surface area contributed by atoms with Crippen LogP contribution in [0.1, 0.15) is 5.56 Å². The van der Waals surface area contributed by atoms with Gasteiger partial charge in [-0.15, -0.1) is 0 Å². The van der Waals surface area contributed by atoms with E-state index in [0.717, 1.165) is 26.4 Å². The molecule has 3 heteroatoms. The van der Waals surface area contributed by atoms with Gasteiger partial charge in [-0.25, -0.2) is 0 Å². The molecule has 2 nitrogen and oxygen atoms in total. The minimum absolute atomic E-state index is 0.567. The maximum absolute atomic E-state index is 5.82. The van der Waals surface area contributed by atoms with Gasteiger partial charge in [0, 0.05) is 3.57 Å². The maximum atomic E-state index is 5.82. The highest BCUT2D eigenvalue weighted by atomic mass is 127. The SMILES string of the molecule is Ic1cccc(Oc2ccc(OCc3ccccc3)cc2)c1. The Balaban J connectivity index is 1.60. The van der Waals surface area contributed by atoms with Crippen LogP contribution in [0.5, 0.6) is 17.2 Å². The molecule has 0 saturated carbocycles. The van der Waals surface area contributed by atoms with Crippen LogP contribution < -0.4 is 9.47 Å². The van der Waals surface area contributed by atoms with Crippen LogP contribution in [0, 0.1) is 3.57 Å². The molecule has 0 radical (unpaired) electrons. The first-order valence-corrected chi connectivity index (χ1v) is 8.08. The molecule has 0 spiro atoms. The van der Waals surface area contributed by atoms with Crippen LogP contribution >= 0.6 is 22.6 Å². The third-order valence-electron chi connectivity index (χ3n) is 3.10. The van der Waals surface area contributed by atoms with E-state index in [9.17, 15) is 0 Å². The van der Waals surface area contributed by atoms with Crippen LogP contribution in [0.15, 0.2) is 78.9 Å². The van der Waals surface area contributed by atoms with Gasteiger partial charge in [0.05, 0.1) is 0 Å². The first-order chi connectivity index (χ1) is 10.8. The summed E-state index contributed by atoms with van der Waals surface area (Å²) in [4.78, 5) is 0. The minimum Gasteiger partial charge on any atom is -0.489 e. The van der Waals surface area contributed by atoms with Crippen molar-refractivity contribution in [2.45, 2.75) is 6.61 Å². The number of hydrogen-bond acceptors (Lipinski definition) is 2. The van der Waals surface area contributed by atoms with Gasteiger partial charge in [-0.1, -0.05) is 36.4 Å². The lowest BCUT2D eigenvalue weighted by molar-refractivity contribution is 0.306. The second-order valence-corrected chi connectivity index (χ2v) is 6.05. The monoisotopic (exact) mass is 402 g/mol. The number of halogens is 1. The van der Waals surface area contributed by atoms with Gasteiger partial charge >= 0.3 is 0 Å². The molecule has 0 aliphatic carbocycles. The molecule has 0 aliphatic heterocycles. The molecule has 3 rings (SSSR count). The van der Waals surface area contributed by atoms with E-state index in [-0.39, 0.29) is 0 Å². The molecule has 0 aromatic heterocycles. The van der Waals surface area contributed by atoms with E-state index in [1.807, 2.05) is 66.7 Å². The third-order valence-corrected chi connectivity index (χ3v) is 3.77. The molecule has 0 saturated heterocycles. The van der Waals surface area contributed by atoms with E-state index in [4.69, 9.17) is 9.47 Å². The fraction of sp³-hybridized carbons (Fsp3) is 0.0526. The van der Waals surface area contributed by atoms with Crippen molar-refractivity contribution in [3.8, 4) is 17.2 Å². The molecule has 22 heavy (non-hydrogen) atoms. The van der Waals surface area contributed by atoms with Gasteiger partial charge in [-0.3, -0.25) is 0 Å². The quantitative estimate of drug-likeness (QED) is 0.513. The lowest BCUT2D eigenvalue weighted by atomic mass is 10.2. The Kier molecular flexibility index (Phi) is 4.96. The fourth-order valence-corrected chi connectivity index (χ4v) is 2.53. The van der Waals surface area contributed by atoms with Crippen molar-refractivity contribution in [2.24, 2.45) is 0 Å². The molecule has 3 aromatic carbocycles. The summed E-state index contributed by atoms with van der Waals surface area (Å²) in [5.41, 5.74) is 1.15. The zero-order chi connectivity index (χ0) is 15.2. The number of hydrogen-bond donors (Lipinski definition) is 0. The summed E-state index contributed by atoms with van der Waals surface area (Å²) < 4.78 is 12.7. The third kappa shape index (κ3) is 4.24. The molecule has 0 amide bonds. The normalized spacial score (nSPS) is 10.2. The Hall–Kier alpha value is -2.01. The molecule has 0 fully saturated rings. The van der Waals surface area contributed by atoms with Crippen molar-refractivity contribution in [1.82, 2.24) is 0 Å². The van der Waals surface area contributed by atoms with E-state index in [2.05, 4.69) is 34.7 Å². The summed E-state index contributed by atoms with van der Waals surface area (Å²) >= 11 is 2.27. The highest BCUT2D eigenvalue weighted by Crippen LogP contribution is 2.25. The van der Waals surface area contributed by atoms with Crippen LogP contribution in [0.2, 0.25) is 0 Å². The largest absolute Gasteiger partial charge is 0.489 e. The fourth-order valence-electron chi connectivity index (χ4n) is 2.01. The smallest absolute Gasteiger partial charge is 0.128 e. The summed E-state index contributed by atoms with van der Waals surface area (Å²) in [6.45, 7) is 0.567. The van der Waals surface area contributed by atoms with Gasteiger partial charge in [0.1, 0.15) is 23.9 Å². The Morgan fingerprint density at radius 3 is 2.14 bits per heavy atom. The summed E-state index contributed by atoms with van der Waals surface area (Å²) in [6, 6.07) is 25.8. The van der Waals surface area contributed by atoms with Gasteiger partial charge in [-0.2, -0.15) is 0 Å². The zero-order valence-corrected chi connectivity index (χ0v) is 14.1. The predicted octanol–water partition coefficient (Wildman–Crippen LogP) is 5.66. The molecule has 0 unspecified atom stereocenters. The Morgan fingerprint density at radius 2 is 1.41 bits per heavy atom. The van der Waals surface area contributed by atoms with Gasteiger partial charge in [-0.05, 0) is 70.6 Å². The number of ether oxygens (including phenoxy) is 2. The van der Waals surface area contributed by atoms with Gasteiger partial charge in [0.15, 0.2) is 0 Å². The Morgan fingerprint density at radius 1 is 0.682 bits per heavy atom. The van der Waals surface area contributed by atoms with Crippen LogP contribution in [0.3, 0.4) is 0 Å². The van der Waals surface area contributed by atoms with Crippen molar-refractivity contribution in [3.63, 3.8) is 0 Å². The summed E-state index contributed by atoms with van der Waals surface area (Å²) in [6.07, 6.45) is 0. The molecular weight excluding hydrogens is 387 g/mol. The highest BCUT2D eigenvalue weighted by molar-refractivity contribution is 14.1. The van der Waals surface area contributed by atoms with Crippen molar-refractivity contribution in [2.75, 3.05) is 0 Å². The lowest BCUT2D eigenvalue weighted by Crippen LogP contribution is -1.94. The van der Waals surface area contributed by atoms with Gasteiger partial charge in [0.25, 0.3) is 0 Å².